The van der Waals surface area contributed by atoms with Gasteiger partial charge in [-0.15, -0.1) is 0 Å². The number of amides is 1. The highest BCUT2D eigenvalue weighted by Gasteiger charge is 2.37. The van der Waals surface area contributed by atoms with Crippen molar-refractivity contribution in [1.29, 1.82) is 0 Å². The van der Waals surface area contributed by atoms with E-state index in [9.17, 15) is 22.4 Å². The molecule has 0 radical (unpaired) electrons. The van der Waals surface area contributed by atoms with Gasteiger partial charge in [0.15, 0.2) is 0 Å². The number of ether oxygens (including phenoxy) is 1. The van der Waals surface area contributed by atoms with Crippen LogP contribution in [0.3, 0.4) is 0 Å². The Hall–Kier alpha value is -1.90. The van der Waals surface area contributed by atoms with E-state index in [0.717, 1.165) is 12.1 Å². The van der Waals surface area contributed by atoms with Crippen LogP contribution in [0.25, 0.3) is 0 Å². The Morgan fingerprint density at radius 1 is 1.42 bits per heavy atom. The van der Waals surface area contributed by atoms with Crippen LogP contribution in [0.15, 0.2) is 18.3 Å². The standard InChI is InChI=1S/C15H19F4N3O2/c1-14(2,13(23)22-11-7-20-6-10(11)16)8-24-12-9(15(17,18)19)4-3-5-21-12/h3-5,10-11,20H,6-8H2,1-2H3,(H,22,23). The Balaban J connectivity index is 2.01. The first-order valence-electron chi connectivity index (χ1n) is 7.42. The highest BCUT2D eigenvalue weighted by molar-refractivity contribution is 5.82. The molecule has 1 saturated heterocycles. The minimum Gasteiger partial charge on any atom is -0.476 e. The van der Waals surface area contributed by atoms with Gasteiger partial charge in [-0.25, -0.2) is 9.37 Å². The van der Waals surface area contributed by atoms with Gasteiger partial charge in [-0.05, 0) is 26.0 Å². The number of aromatic nitrogens is 1. The molecule has 1 amide bonds. The van der Waals surface area contributed by atoms with E-state index in [2.05, 4.69) is 15.6 Å². The van der Waals surface area contributed by atoms with Gasteiger partial charge in [0.25, 0.3) is 0 Å². The van der Waals surface area contributed by atoms with Gasteiger partial charge in [0.1, 0.15) is 18.3 Å². The predicted octanol–water partition coefficient (Wildman–Crippen LogP) is 1.93. The Morgan fingerprint density at radius 2 is 2.12 bits per heavy atom. The molecule has 5 nitrogen and oxygen atoms in total. The quantitative estimate of drug-likeness (QED) is 0.798. The van der Waals surface area contributed by atoms with Gasteiger partial charge in [0.05, 0.1) is 11.5 Å². The Morgan fingerprint density at radius 3 is 2.71 bits per heavy atom. The fourth-order valence-corrected chi connectivity index (χ4v) is 2.19. The second kappa shape index (κ2) is 6.92. The zero-order valence-corrected chi connectivity index (χ0v) is 13.3. The Labute approximate surface area is 136 Å². The molecule has 24 heavy (non-hydrogen) atoms. The zero-order valence-electron chi connectivity index (χ0n) is 13.3. The van der Waals surface area contributed by atoms with E-state index >= 15 is 0 Å². The largest absolute Gasteiger partial charge is 0.476 e. The lowest BCUT2D eigenvalue weighted by atomic mass is 9.93. The first-order chi connectivity index (χ1) is 11.1. The molecule has 134 valence electrons. The van der Waals surface area contributed by atoms with Gasteiger partial charge in [0.2, 0.25) is 11.8 Å². The first kappa shape index (κ1) is 18.4. The SMILES string of the molecule is CC(C)(COc1ncccc1C(F)(F)F)C(=O)NC1CNCC1F. The molecule has 1 aromatic rings. The summed E-state index contributed by atoms with van der Waals surface area (Å²) in [6, 6.07) is 1.35. The number of hydrogen-bond acceptors (Lipinski definition) is 4. The number of carbonyl (C=O) groups is 1. The molecular weight excluding hydrogens is 330 g/mol. The predicted molar refractivity (Wildman–Crippen MR) is 78.2 cm³/mol. The number of pyridine rings is 1. The summed E-state index contributed by atoms with van der Waals surface area (Å²) in [4.78, 5) is 15.8. The van der Waals surface area contributed by atoms with Crippen molar-refractivity contribution in [2.24, 2.45) is 5.41 Å². The highest BCUT2D eigenvalue weighted by atomic mass is 19.4. The van der Waals surface area contributed by atoms with Crippen molar-refractivity contribution in [3.63, 3.8) is 0 Å². The summed E-state index contributed by atoms with van der Waals surface area (Å²) in [5, 5.41) is 5.36. The molecule has 0 bridgehead atoms. The molecule has 0 aliphatic carbocycles. The maximum atomic E-state index is 13.5. The summed E-state index contributed by atoms with van der Waals surface area (Å²) in [6.45, 7) is 3.16. The number of nitrogens with one attached hydrogen (secondary N) is 2. The van der Waals surface area contributed by atoms with Crippen LogP contribution < -0.4 is 15.4 Å². The normalized spacial score (nSPS) is 21.6. The second-order valence-corrected chi connectivity index (χ2v) is 6.28. The molecule has 1 fully saturated rings. The lowest BCUT2D eigenvalue weighted by molar-refractivity contribution is -0.139. The molecule has 2 atom stereocenters. The Kier molecular flexibility index (Phi) is 5.32. The van der Waals surface area contributed by atoms with Crippen LogP contribution >= 0.6 is 0 Å². The third kappa shape index (κ3) is 4.34. The molecule has 2 rings (SSSR count). The minimum atomic E-state index is -4.60. The number of nitrogens with zero attached hydrogens (tertiary/aromatic N) is 1. The zero-order chi connectivity index (χ0) is 18.0. The summed E-state index contributed by atoms with van der Waals surface area (Å²) < 4.78 is 57.3. The van der Waals surface area contributed by atoms with Crippen LogP contribution in [0.2, 0.25) is 0 Å². The van der Waals surface area contributed by atoms with Crippen molar-refractivity contribution in [3.05, 3.63) is 23.9 Å². The van der Waals surface area contributed by atoms with Crippen LogP contribution in [0.5, 0.6) is 5.88 Å². The molecule has 2 N–H and O–H groups in total. The molecule has 0 saturated carbocycles. The van der Waals surface area contributed by atoms with Crippen LogP contribution in [-0.2, 0) is 11.0 Å². The molecule has 1 aliphatic heterocycles. The van der Waals surface area contributed by atoms with Gasteiger partial charge in [-0.3, -0.25) is 4.79 Å². The van der Waals surface area contributed by atoms with Gasteiger partial charge in [0, 0.05) is 19.3 Å². The smallest absolute Gasteiger partial charge is 0.421 e. The van der Waals surface area contributed by atoms with E-state index in [1.807, 2.05) is 0 Å². The van der Waals surface area contributed by atoms with Crippen LogP contribution in [-0.4, -0.2) is 42.8 Å². The van der Waals surface area contributed by atoms with Crippen LogP contribution in [0.1, 0.15) is 19.4 Å². The Bertz CT molecular complexity index is 592. The average molecular weight is 349 g/mol. The van der Waals surface area contributed by atoms with Crippen molar-refractivity contribution in [3.8, 4) is 5.88 Å². The molecular formula is C15H19F4N3O2. The van der Waals surface area contributed by atoms with Gasteiger partial charge < -0.3 is 15.4 Å². The van der Waals surface area contributed by atoms with Crippen molar-refractivity contribution >= 4 is 5.91 Å². The lowest BCUT2D eigenvalue weighted by Crippen LogP contribution is -2.48. The molecule has 0 aromatic carbocycles. The summed E-state index contributed by atoms with van der Waals surface area (Å²) in [5.74, 6) is -1.08. The van der Waals surface area contributed by atoms with Gasteiger partial charge in [-0.1, -0.05) is 0 Å². The van der Waals surface area contributed by atoms with E-state index in [1.165, 1.54) is 20.0 Å². The summed E-state index contributed by atoms with van der Waals surface area (Å²) in [5.41, 5.74) is -2.16. The fraction of sp³-hybridized carbons (Fsp3) is 0.600. The van der Waals surface area contributed by atoms with E-state index in [1.54, 1.807) is 0 Å². The van der Waals surface area contributed by atoms with E-state index in [0.29, 0.717) is 6.54 Å². The molecule has 9 heteroatoms. The maximum absolute atomic E-state index is 13.5. The molecule has 1 aliphatic rings. The minimum absolute atomic E-state index is 0.157. The lowest BCUT2D eigenvalue weighted by Gasteiger charge is -2.26. The third-order valence-corrected chi connectivity index (χ3v) is 3.72. The van der Waals surface area contributed by atoms with Crippen LogP contribution in [0.4, 0.5) is 17.6 Å². The summed E-state index contributed by atoms with van der Waals surface area (Å²) in [7, 11) is 0. The van der Waals surface area contributed by atoms with Gasteiger partial charge in [-0.2, -0.15) is 13.2 Å². The van der Waals surface area contributed by atoms with E-state index in [-0.39, 0.29) is 13.2 Å². The fourth-order valence-electron chi connectivity index (χ4n) is 2.19. The second-order valence-electron chi connectivity index (χ2n) is 6.28. The van der Waals surface area contributed by atoms with E-state index in [4.69, 9.17) is 4.74 Å². The van der Waals surface area contributed by atoms with Crippen molar-refractivity contribution in [2.75, 3.05) is 19.7 Å². The number of rotatable bonds is 5. The number of alkyl halides is 4. The van der Waals surface area contributed by atoms with Crippen LogP contribution in [0, 0.1) is 5.41 Å². The maximum Gasteiger partial charge on any atom is 0.421 e. The number of halogens is 4. The number of hydrogen-bond donors (Lipinski definition) is 2. The topological polar surface area (TPSA) is 63.2 Å². The number of carbonyl (C=O) groups excluding carboxylic acids is 1. The summed E-state index contributed by atoms with van der Waals surface area (Å²) >= 11 is 0. The van der Waals surface area contributed by atoms with Crippen molar-refractivity contribution < 1.29 is 27.1 Å². The average Bonchev–Trinajstić information content (AvgIpc) is 2.90. The molecule has 2 heterocycles. The highest BCUT2D eigenvalue weighted by Crippen LogP contribution is 2.35. The third-order valence-electron chi connectivity index (χ3n) is 3.72. The first-order valence-corrected chi connectivity index (χ1v) is 7.42. The van der Waals surface area contributed by atoms with Crippen molar-refractivity contribution in [2.45, 2.75) is 32.2 Å². The molecule has 0 spiro atoms. The monoisotopic (exact) mass is 349 g/mol. The van der Waals surface area contributed by atoms with Gasteiger partial charge >= 0.3 is 6.18 Å². The molecule has 2 unspecified atom stereocenters. The molecule has 1 aromatic heterocycles. The van der Waals surface area contributed by atoms with Crippen molar-refractivity contribution in [1.82, 2.24) is 15.6 Å². The van der Waals surface area contributed by atoms with E-state index < -0.39 is 41.2 Å². The summed E-state index contributed by atoms with van der Waals surface area (Å²) in [6.07, 6.45) is -4.62.